The van der Waals surface area contributed by atoms with E-state index in [0.29, 0.717) is 24.3 Å². The predicted octanol–water partition coefficient (Wildman–Crippen LogP) is 4.30. The summed E-state index contributed by atoms with van der Waals surface area (Å²) < 4.78 is 33.1. The molecule has 1 aliphatic rings. The molecule has 1 saturated heterocycles. The lowest BCUT2D eigenvalue weighted by molar-refractivity contribution is -0.0440. The van der Waals surface area contributed by atoms with Crippen LogP contribution < -0.4 is 5.32 Å². The molecule has 0 aliphatic carbocycles. The summed E-state index contributed by atoms with van der Waals surface area (Å²) in [6, 6.07) is 19.1. The Morgan fingerprint density at radius 2 is 1.74 bits per heavy atom. The quantitative estimate of drug-likeness (QED) is 0.572. The highest BCUT2D eigenvalue weighted by atomic mass is 32.2. The van der Waals surface area contributed by atoms with Gasteiger partial charge in [-0.1, -0.05) is 24.3 Å². The molecule has 1 aromatic heterocycles. The highest BCUT2D eigenvalue weighted by Gasteiger charge is 2.32. The van der Waals surface area contributed by atoms with Gasteiger partial charge in [0.05, 0.1) is 22.8 Å². The number of pyridine rings is 1. The number of benzene rings is 2. The molecule has 2 heterocycles. The van der Waals surface area contributed by atoms with Crippen molar-refractivity contribution in [1.82, 2.24) is 9.29 Å². The van der Waals surface area contributed by atoms with Crippen LogP contribution in [0.2, 0.25) is 0 Å². The fourth-order valence-corrected chi connectivity index (χ4v) is 5.42. The summed E-state index contributed by atoms with van der Waals surface area (Å²) in [4.78, 5) is 17.2. The van der Waals surface area contributed by atoms with Crippen LogP contribution in [-0.4, -0.2) is 48.9 Å². The van der Waals surface area contributed by atoms with Gasteiger partial charge in [0.2, 0.25) is 10.0 Å². The van der Waals surface area contributed by atoms with Crippen molar-refractivity contribution in [3.8, 4) is 0 Å². The van der Waals surface area contributed by atoms with Crippen molar-refractivity contribution in [3.63, 3.8) is 0 Å². The van der Waals surface area contributed by atoms with Gasteiger partial charge in [0.25, 0.3) is 5.91 Å². The number of hydrogen-bond donors (Lipinski definition) is 1. The first kappa shape index (κ1) is 23.8. The first-order chi connectivity index (χ1) is 16.3. The third-order valence-corrected chi connectivity index (χ3v) is 7.27. The van der Waals surface area contributed by atoms with Crippen molar-refractivity contribution in [1.29, 1.82) is 0 Å². The van der Waals surface area contributed by atoms with Gasteiger partial charge in [-0.25, -0.2) is 8.42 Å². The highest BCUT2D eigenvalue weighted by Crippen LogP contribution is 2.22. The molecule has 176 valence electrons. The van der Waals surface area contributed by atoms with Crippen molar-refractivity contribution in [2.75, 3.05) is 18.4 Å². The molecule has 1 amide bonds. The molecule has 1 N–H and O–H groups in total. The number of anilines is 1. The van der Waals surface area contributed by atoms with Crippen LogP contribution in [0.5, 0.6) is 0 Å². The Labute approximate surface area is 200 Å². The van der Waals surface area contributed by atoms with Gasteiger partial charge in [0, 0.05) is 30.5 Å². The lowest BCUT2D eigenvalue weighted by atomic mass is 10.1. The molecule has 0 bridgehead atoms. The molecule has 3 aromatic rings. The third-order valence-electron chi connectivity index (χ3n) is 5.42. The Bertz CT molecular complexity index is 1260. The molecule has 1 aliphatic heterocycles. The number of amides is 1. The van der Waals surface area contributed by atoms with Gasteiger partial charge in [0.15, 0.2) is 0 Å². The van der Waals surface area contributed by atoms with Gasteiger partial charge in [-0.05, 0) is 74.0 Å². The van der Waals surface area contributed by atoms with E-state index in [4.69, 9.17) is 4.74 Å². The summed E-state index contributed by atoms with van der Waals surface area (Å²) in [5.74, 6) is -0.316. The lowest BCUT2D eigenvalue weighted by Crippen LogP contribution is -2.48. The van der Waals surface area contributed by atoms with Gasteiger partial charge < -0.3 is 10.1 Å². The Balaban J connectivity index is 1.44. The van der Waals surface area contributed by atoms with Gasteiger partial charge in [0.1, 0.15) is 0 Å². The van der Waals surface area contributed by atoms with Crippen LogP contribution >= 0.6 is 0 Å². The molecular weight excluding hydrogens is 450 g/mol. The number of carbonyl (C=O) groups excluding carboxylic acids is 1. The number of sulfonamides is 1. The molecule has 8 heteroatoms. The monoisotopic (exact) mass is 477 g/mol. The van der Waals surface area contributed by atoms with Crippen molar-refractivity contribution in [3.05, 3.63) is 89.7 Å². The molecule has 0 saturated carbocycles. The van der Waals surface area contributed by atoms with E-state index in [2.05, 4.69) is 10.3 Å². The van der Waals surface area contributed by atoms with Gasteiger partial charge >= 0.3 is 0 Å². The summed E-state index contributed by atoms with van der Waals surface area (Å²) in [7, 11) is -3.66. The van der Waals surface area contributed by atoms with Crippen LogP contribution in [-0.2, 0) is 14.8 Å². The number of morpholine rings is 1. The van der Waals surface area contributed by atoms with Gasteiger partial charge in [-0.3, -0.25) is 9.78 Å². The second-order valence-corrected chi connectivity index (χ2v) is 10.2. The van der Waals surface area contributed by atoms with E-state index in [0.717, 1.165) is 11.3 Å². The van der Waals surface area contributed by atoms with Crippen molar-refractivity contribution < 1.29 is 17.9 Å². The zero-order valence-electron chi connectivity index (χ0n) is 19.1. The number of ether oxygens (including phenoxy) is 1. The maximum absolute atomic E-state index is 13.0. The summed E-state index contributed by atoms with van der Waals surface area (Å²) in [5, 5.41) is 2.87. The van der Waals surface area contributed by atoms with Crippen LogP contribution in [0.15, 0.2) is 77.8 Å². The van der Waals surface area contributed by atoms with Crippen molar-refractivity contribution >= 4 is 33.8 Å². The molecule has 1 fully saturated rings. The van der Waals surface area contributed by atoms with Gasteiger partial charge in [-0.2, -0.15) is 4.31 Å². The zero-order chi connectivity index (χ0) is 24.1. The normalized spacial score (nSPS) is 19.2. The smallest absolute Gasteiger partial charge is 0.255 e. The van der Waals surface area contributed by atoms with Crippen molar-refractivity contribution in [2.24, 2.45) is 0 Å². The minimum absolute atomic E-state index is 0.159. The fourth-order valence-electron chi connectivity index (χ4n) is 3.83. The van der Waals surface area contributed by atoms with Crippen LogP contribution in [0, 0.1) is 0 Å². The standard InChI is InChI=1S/C26H27N3O4S/c1-19-17-29(18-20(2)33-19)34(31,32)25-13-10-22(11-14-25)26(30)28-24-8-5-6-21(16-24)9-12-23-7-3-4-15-27-23/h3-16,19-20H,17-18H2,1-2H3,(H,28,30)/b12-9+. The largest absolute Gasteiger partial charge is 0.373 e. The molecule has 0 radical (unpaired) electrons. The van der Waals surface area contributed by atoms with E-state index >= 15 is 0 Å². The van der Waals surface area contributed by atoms with E-state index in [1.165, 1.54) is 28.6 Å². The Morgan fingerprint density at radius 3 is 2.41 bits per heavy atom. The topological polar surface area (TPSA) is 88.6 Å². The number of carbonyl (C=O) groups is 1. The van der Waals surface area contributed by atoms with Crippen LogP contribution in [0.25, 0.3) is 12.2 Å². The SMILES string of the molecule is CC1CN(S(=O)(=O)c2ccc(C(=O)Nc3cccc(/C=C/c4ccccn4)c3)cc2)CC(C)O1. The second kappa shape index (κ2) is 10.3. The van der Waals surface area contributed by atoms with E-state index < -0.39 is 10.0 Å². The molecular formula is C26H27N3O4S. The number of hydrogen-bond acceptors (Lipinski definition) is 5. The van der Waals surface area contributed by atoms with E-state index in [1.54, 1.807) is 12.3 Å². The Kier molecular flexibility index (Phi) is 7.21. The average Bonchev–Trinajstić information content (AvgIpc) is 2.83. The van der Waals surface area contributed by atoms with Crippen LogP contribution in [0.4, 0.5) is 5.69 Å². The second-order valence-electron chi connectivity index (χ2n) is 8.27. The predicted molar refractivity (Wildman–Crippen MR) is 133 cm³/mol. The minimum Gasteiger partial charge on any atom is -0.373 e. The zero-order valence-corrected chi connectivity index (χ0v) is 19.9. The van der Waals surface area contributed by atoms with Crippen LogP contribution in [0.1, 0.15) is 35.5 Å². The molecule has 2 atom stereocenters. The summed E-state index contributed by atoms with van der Waals surface area (Å²) >= 11 is 0. The molecule has 2 aromatic carbocycles. The fraction of sp³-hybridized carbons (Fsp3) is 0.231. The van der Waals surface area contributed by atoms with E-state index in [1.807, 2.05) is 62.4 Å². The Hall–Kier alpha value is -3.33. The number of aromatic nitrogens is 1. The molecule has 4 rings (SSSR count). The van der Waals surface area contributed by atoms with Gasteiger partial charge in [-0.15, -0.1) is 0 Å². The summed E-state index contributed by atoms with van der Waals surface area (Å²) in [6.45, 7) is 4.32. The summed E-state index contributed by atoms with van der Waals surface area (Å²) in [5.41, 5.74) is 2.77. The molecule has 0 spiro atoms. The van der Waals surface area contributed by atoms with E-state index in [-0.39, 0.29) is 23.0 Å². The van der Waals surface area contributed by atoms with E-state index in [9.17, 15) is 13.2 Å². The number of nitrogens with one attached hydrogen (secondary N) is 1. The minimum atomic E-state index is -3.66. The average molecular weight is 478 g/mol. The molecule has 34 heavy (non-hydrogen) atoms. The number of nitrogens with zero attached hydrogens (tertiary/aromatic N) is 2. The Morgan fingerprint density at radius 1 is 1.00 bits per heavy atom. The maximum Gasteiger partial charge on any atom is 0.255 e. The molecule has 2 unspecified atom stereocenters. The first-order valence-corrected chi connectivity index (χ1v) is 12.5. The maximum atomic E-state index is 13.0. The molecule has 7 nitrogen and oxygen atoms in total. The van der Waals surface area contributed by atoms with Crippen LogP contribution in [0.3, 0.4) is 0 Å². The van der Waals surface area contributed by atoms with Crippen molar-refractivity contribution in [2.45, 2.75) is 31.0 Å². The lowest BCUT2D eigenvalue weighted by Gasteiger charge is -2.34. The number of rotatable bonds is 6. The highest BCUT2D eigenvalue weighted by molar-refractivity contribution is 7.89. The first-order valence-electron chi connectivity index (χ1n) is 11.1. The third kappa shape index (κ3) is 5.77. The summed E-state index contributed by atoms with van der Waals surface area (Å²) in [6.07, 6.45) is 5.21.